The third-order valence-electron chi connectivity index (χ3n) is 4.27. The smallest absolute Gasteiger partial charge is 0.230 e. The lowest BCUT2D eigenvalue weighted by atomic mass is 10.1. The number of aromatic nitrogens is 5. The van der Waals surface area contributed by atoms with Crippen molar-refractivity contribution >= 4 is 11.7 Å². The highest BCUT2D eigenvalue weighted by atomic mass is 16.1. The summed E-state index contributed by atoms with van der Waals surface area (Å²) in [5, 5.41) is 2.80. The number of aryl methyl sites for hydroxylation is 1. The fourth-order valence-corrected chi connectivity index (χ4v) is 2.84. The molecule has 0 radical (unpaired) electrons. The molecule has 0 atom stereocenters. The molecule has 0 fully saturated rings. The van der Waals surface area contributed by atoms with Crippen molar-refractivity contribution < 1.29 is 4.79 Å². The van der Waals surface area contributed by atoms with Crippen molar-refractivity contribution in [1.29, 1.82) is 0 Å². The third kappa shape index (κ3) is 4.65. The quantitative estimate of drug-likeness (QED) is 0.568. The second kappa shape index (κ2) is 8.35. The summed E-state index contributed by atoms with van der Waals surface area (Å²) in [7, 11) is 0. The number of amides is 1. The highest BCUT2D eigenvalue weighted by Gasteiger charge is 2.07. The van der Waals surface area contributed by atoms with Crippen LogP contribution in [0.15, 0.2) is 73.6 Å². The summed E-state index contributed by atoms with van der Waals surface area (Å²) in [6, 6.07) is 11.3. The molecule has 4 aromatic rings. The van der Waals surface area contributed by atoms with Gasteiger partial charge >= 0.3 is 0 Å². The topological polar surface area (TPSA) is 93.6 Å². The summed E-state index contributed by atoms with van der Waals surface area (Å²) in [5.74, 6) is 0.332. The van der Waals surface area contributed by atoms with Gasteiger partial charge in [0.2, 0.25) is 5.91 Å². The zero-order valence-electron chi connectivity index (χ0n) is 15.8. The van der Waals surface area contributed by atoms with Crippen molar-refractivity contribution in [1.82, 2.24) is 24.9 Å². The van der Waals surface area contributed by atoms with Crippen LogP contribution in [0.5, 0.6) is 0 Å². The Morgan fingerprint density at radius 2 is 1.76 bits per heavy atom. The Morgan fingerprint density at radius 1 is 0.828 bits per heavy atom. The Labute approximate surface area is 168 Å². The maximum Gasteiger partial charge on any atom is 0.230 e. The van der Waals surface area contributed by atoms with E-state index in [9.17, 15) is 4.79 Å². The van der Waals surface area contributed by atoms with Crippen LogP contribution in [0.4, 0.5) is 5.82 Å². The molecule has 0 bridgehead atoms. The third-order valence-corrected chi connectivity index (χ3v) is 4.27. The van der Waals surface area contributed by atoms with Crippen molar-refractivity contribution in [3.63, 3.8) is 0 Å². The maximum atomic E-state index is 12.3. The number of anilines is 1. The molecule has 4 aromatic heterocycles. The van der Waals surface area contributed by atoms with E-state index in [-0.39, 0.29) is 12.3 Å². The fraction of sp³-hybridized carbons (Fsp3) is 0.0909. The zero-order chi connectivity index (χ0) is 20.1. The van der Waals surface area contributed by atoms with E-state index in [2.05, 4.69) is 30.2 Å². The van der Waals surface area contributed by atoms with E-state index in [1.54, 1.807) is 43.2 Å². The van der Waals surface area contributed by atoms with Crippen LogP contribution in [0.3, 0.4) is 0 Å². The van der Waals surface area contributed by atoms with Crippen LogP contribution in [-0.2, 0) is 11.2 Å². The van der Waals surface area contributed by atoms with Crippen LogP contribution in [0.25, 0.3) is 22.5 Å². The zero-order valence-corrected chi connectivity index (χ0v) is 15.8. The SMILES string of the molecule is Cc1cc(-c2ccc(CC(=O)Nc3ccc(-c4cnccn4)cn3)cn2)ccn1. The van der Waals surface area contributed by atoms with E-state index in [0.29, 0.717) is 5.82 Å². The average molecular weight is 382 g/mol. The van der Waals surface area contributed by atoms with Gasteiger partial charge in [-0.3, -0.25) is 24.7 Å². The van der Waals surface area contributed by atoms with Crippen LogP contribution >= 0.6 is 0 Å². The number of pyridine rings is 3. The number of rotatable bonds is 5. The van der Waals surface area contributed by atoms with Crippen molar-refractivity contribution in [3.05, 3.63) is 84.8 Å². The molecule has 142 valence electrons. The molecule has 0 saturated heterocycles. The minimum Gasteiger partial charge on any atom is -0.310 e. The van der Waals surface area contributed by atoms with Crippen molar-refractivity contribution in [3.8, 4) is 22.5 Å². The Kier molecular flexibility index (Phi) is 5.29. The number of nitrogens with zero attached hydrogens (tertiary/aromatic N) is 5. The molecule has 4 heterocycles. The number of carbonyl (C=O) groups excluding carboxylic acids is 1. The molecular weight excluding hydrogens is 364 g/mol. The lowest BCUT2D eigenvalue weighted by Crippen LogP contribution is -2.15. The molecule has 0 unspecified atom stereocenters. The van der Waals surface area contributed by atoms with E-state index in [4.69, 9.17) is 0 Å². The van der Waals surface area contributed by atoms with Gasteiger partial charge in [0, 0.05) is 47.8 Å². The molecule has 1 amide bonds. The van der Waals surface area contributed by atoms with Gasteiger partial charge < -0.3 is 5.32 Å². The first-order valence-electron chi connectivity index (χ1n) is 9.07. The monoisotopic (exact) mass is 382 g/mol. The summed E-state index contributed by atoms with van der Waals surface area (Å²) in [5.41, 5.74) is 5.18. The van der Waals surface area contributed by atoms with Crippen LogP contribution < -0.4 is 5.32 Å². The van der Waals surface area contributed by atoms with Crippen LogP contribution in [-0.4, -0.2) is 30.8 Å². The van der Waals surface area contributed by atoms with E-state index < -0.39 is 0 Å². The second-order valence-electron chi connectivity index (χ2n) is 6.49. The van der Waals surface area contributed by atoms with Crippen LogP contribution in [0.2, 0.25) is 0 Å². The lowest BCUT2D eigenvalue weighted by Gasteiger charge is -2.07. The second-order valence-corrected chi connectivity index (χ2v) is 6.49. The first-order chi connectivity index (χ1) is 14.2. The van der Waals surface area contributed by atoms with Crippen LogP contribution in [0.1, 0.15) is 11.3 Å². The molecule has 0 saturated carbocycles. The molecule has 29 heavy (non-hydrogen) atoms. The minimum absolute atomic E-state index is 0.154. The lowest BCUT2D eigenvalue weighted by molar-refractivity contribution is -0.115. The minimum atomic E-state index is -0.154. The molecule has 0 aliphatic carbocycles. The first kappa shape index (κ1) is 18.4. The van der Waals surface area contributed by atoms with Gasteiger partial charge in [0.1, 0.15) is 5.82 Å². The van der Waals surface area contributed by atoms with Gasteiger partial charge in [-0.05, 0) is 42.8 Å². The summed E-state index contributed by atoms with van der Waals surface area (Å²) in [6.07, 6.45) is 10.3. The van der Waals surface area contributed by atoms with Crippen LogP contribution in [0, 0.1) is 6.92 Å². The predicted molar refractivity (Wildman–Crippen MR) is 110 cm³/mol. The van der Waals surface area contributed by atoms with Gasteiger partial charge in [-0.15, -0.1) is 0 Å². The first-order valence-corrected chi connectivity index (χ1v) is 9.07. The van der Waals surface area contributed by atoms with E-state index in [1.165, 1.54) is 0 Å². The Morgan fingerprint density at radius 3 is 2.45 bits per heavy atom. The summed E-state index contributed by atoms with van der Waals surface area (Å²) >= 11 is 0. The molecule has 0 spiro atoms. The summed E-state index contributed by atoms with van der Waals surface area (Å²) < 4.78 is 0. The highest BCUT2D eigenvalue weighted by Crippen LogP contribution is 2.18. The number of hydrogen-bond acceptors (Lipinski definition) is 6. The number of carbonyl (C=O) groups is 1. The van der Waals surface area contributed by atoms with E-state index in [1.807, 2.05) is 37.3 Å². The summed E-state index contributed by atoms with van der Waals surface area (Å²) in [6.45, 7) is 1.94. The normalized spacial score (nSPS) is 10.5. The van der Waals surface area contributed by atoms with Gasteiger partial charge in [0.05, 0.1) is 24.0 Å². The molecule has 0 aromatic carbocycles. The van der Waals surface area contributed by atoms with Gasteiger partial charge in [-0.1, -0.05) is 6.07 Å². The maximum absolute atomic E-state index is 12.3. The van der Waals surface area contributed by atoms with Crippen molar-refractivity contribution in [2.24, 2.45) is 0 Å². The highest BCUT2D eigenvalue weighted by molar-refractivity contribution is 5.91. The van der Waals surface area contributed by atoms with Gasteiger partial charge in [-0.25, -0.2) is 4.98 Å². The Balaban J connectivity index is 1.38. The number of nitrogens with one attached hydrogen (secondary N) is 1. The Bertz CT molecular complexity index is 1110. The number of hydrogen-bond donors (Lipinski definition) is 1. The molecule has 1 N–H and O–H groups in total. The molecule has 0 aliphatic heterocycles. The standard InChI is InChI=1S/C22H18N6O/c1-15-10-17(6-7-24-15)19-4-2-16(12-26-19)11-22(29)28-21-5-3-18(13-27-21)20-14-23-8-9-25-20/h2-10,12-14H,11H2,1H3,(H,27,28,29). The average Bonchev–Trinajstić information content (AvgIpc) is 2.75. The molecule has 7 heteroatoms. The molecular formula is C22H18N6O. The van der Waals surface area contributed by atoms with E-state index >= 15 is 0 Å². The van der Waals surface area contributed by atoms with E-state index in [0.717, 1.165) is 33.8 Å². The Hall–Kier alpha value is -4.00. The summed E-state index contributed by atoms with van der Waals surface area (Å²) in [4.78, 5) is 33.5. The molecule has 0 aliphatic rings. The molecule has 7 nitrogen and oxygen atoms in total. The van der Waals surface area contributed by atoms with Gasteiger partial charge in [-0.2, -0.15) is 0 Å². The molecule has 4 rings (SSSR count). The largest absolute Gasteiger partial charge is 0.310 e. The van der Waals surface area contributed by atoms with Crippen molar-refractivity contribution in [2.75, 3.05) is 5.32 Å². The van der Waals surface area contributed by atoms with Gasteiger partial charge in [0.15, 0.2) is 0 Å². The predicted octanol–water partition coefficient (Wildman–Crippen LogP) is 3.49. The van der Waals surface area contributed by atoms with Crippen molar-refractivity contribution in [2.45, 2.75) is 13.3 Å². The van der Waals surface area contributed by atoms with Gasteiger partial charge in [0.25, 0.3) is 0 Å². The fourth-order valence-electron chi connectivity index (χ4n) is 2.84.